The summed E-state index contributed by atoms with van der Waals surface area (Å²) in [6.45, 7) is 6.34. The average Bonchev–Trinajstić information content (AvgIpc) is 3.14. The highest BCUT2D eigenvalue weighted by Crippen LogP contribution is 2.28. The molecule has 1 aliphatic heterocycles. The smallest absolute Gasteiger partial charge is 0.247 e. The summed E-state index contributed by atoms with van der Waals surface area (Å²) in [6, 6.07) is 7.23. The molecular weight excluding hydrogens is 360 g/mol. The van der Waals surface area contributed by atoms with Gasteiger partial charge in [0.25, 0.3) is 0 Å². The molecule has 0 bridgehead atoms. The molecular formula is C20H24N4O2S. The summed E-state index contributed by atoms with van der Waals surface area (Å²) >= 11 is 1.47. The average molecular weight is 385 g/mol. The molecule has 0 aliphatic carbocycles. The van der Waals surface area contributed by atoms with E-state index in [2.05, 4.69) is 15.3 Å². The van der Waals surface area contributed by atoms with E-state index in [1.165, 1.54) is 11.8 Å². The van der Waals surface area contributed by atoms with Gasteiger partial charge in [-0.05, 0) is 61.4 Å². The zero-order valence-corrected chi connectivity index (χ0v) is 16.6. The maximum atomic E-state index is 12.8. The number of nitrogens with one attached hydrogen (secondary N) is 1. The predicted octanol–water partition coefficient (Wildman–Crippen LogP) is 3.52. The summed E-state index contributed by atoms with van der Waals surface area (Å²) in [5.41, 5.74) is 1.73. The van der Waals surface area contributed by atoms with Gasteiger partial charge < -0.3 is 10.2 Å². The number of hydrogen-bond donors (Lipinski definition) is 1. The molecule has 2 amide bonds. The maximum Gasteiger partial charge on any atom is 0.247 e. The van der Waals surface area contributed by atoms with Crippen LogP contribution >= 0.6 is 11.8 Å². The molecule has 7 heteroatoms. The lowest BCUT2D eigenvalue weighted by molar-refractivity contribution is -0.139. The maximum absolute atomic E-state index is 12.8. The number of rotatable bonds is 5. The molecule has 1 fully saturated rings. The molecule has 1 aromatic carbocycles. The molecule has 1 aromatic heterocycles. The van der Waals surface area contributed by atoms with Crippen LogP contribution in [-0.4, -0.2) is 39.3 Å². The van der Waals surface area contributed by atoms with Gasteiger partial charge in [0.2, 0.25) is 11.8 Å². The Kier molecular flexibility index (Phi) is 6.11. The van der Waals surface area contributed by atoms with Crippen LogP contribution in [0.15, 0.2) is 46.7 Å². The predicted molar refractivity (Wildman–Crippen MR) is 106 cm³/mol. The minimum Gasteiger partial charge on any atom is -0.330 e. The molecule has 1 saturated heterocycles. The fourth-order valence-electron chi connectivity index (χ4n) is 3.13. The highest BCUT2D eigenvalue weighted by molar-refractivity contribution is 7.99. The van der Waals surface area contributed by atoms with Crippen LogP contribution in [0.3, 0.4) is 0 Å². The van der Waals surface area contributed by atoms with Crippen molar-refractivity contribution in [3.8, 4) is 0 Å². The quantitative estimate of drug-likeness (QED) is 0.798. The molecule has 3 rings (SSSR count). The van der Waals surface area contributed by atoms with E-state index in [1.54, 1.807) is 23.4 Å². The summed E-state index contributed by atoms with van der Waals surface area (Å²) < 4.78 is 0. The summed E-state index contributed by atoms with van der Waals surface area (Å²) in [5, 5.41) is 3.68. The van der Waals surface area contributed by atoms with Gasteiger partial charge in [-0.3, -0.25) is 9.59 Å². The first-order chi connectivity index (χ1) is 13.0. The van der Waals surface area contributed by atoms with E-state index >= 15 is 0 Å². The van der Waals surface area contributed by atoms with Crippen molar-refractivity contribution in [1.29, 1.82) is 0 Å². The summed E-state index contributed by atoms with van der Waals surface area (Å²) in [4.78, 5) is 36.2. The zero-order chi connectivity index (χ0) is 19.4. The first-order valence-corrected chi connectivity index (χ1v) is 9.94. The Morgan fingerprint density at radius 3 is 2.67 bits per heavy atom. The number of aryl methyl sites for hydroxylation is 1. The molecule has 2 heterocycles. The summed E-state index contributed by atoms with van der Waals surface area (Å²) in [6.07, 6.45) is 5.00. The van der Waals surface area contributed by atoms with E-state index in [0.29, 0.717) is 18.1 Å². The van der Waals surface area contributed by atoms with E-state index < -0.39 is 0 Å². The van der Waals surface area contributed by atoms with Crippen LogP contribution in [0.25, 0.3) is 0 Å². The van der Waals surface area contributed by atoms with Crippen molar-refractivity contribution < 1.29 is 9.59 Å². The zero-order valence-electron chi connectivity index (χ0n) is 15.8. The Balaban J connectivity index is 1.68. The number of likely N-dealkylation sites (tertiary alicyclic amines) is 1. The Labute approximate surface area is 163 Å². The molecule has 1 aliphatic rings. The molecule has 142 valence electrons. The second-order valence-corrected chi connectivity index (χ2v) is 7.98. The Bertz CT molecular complexity index is 826. The Morgan fingerprint density at radius 2 is 2.00 bits per heavy atom. The second-order valence-electron chi connectivity index (χ2n) is 6.94. The van der Waals surface area contributed by atoms with Crippen LogP contribution in [0.4, 0.5) is 5.69 Å². The lowest BCUT2D eigenvalue weighted by atomic mass is 10.1. The van der Waals surface area contributed by atoms with Crippen molar-refractivity contribution in [1.82, 2.24) is 14.9 Å². The Morgan fingerprint density at radius 1 is 1.26 bits per heavy atom. The van der Waals surface area contributed by atoms with Gasteiger partial charge in [0.05, 0.1) is 0 Å². The third kappa shape index (κ3) is 4.66. The first-order valence-electron chi connectivity index (χ1n) is 9.12. The number of carbonyl (C=O) groups excluding carboxylic acids is 2. The molecule has 1 atom stereocenters. The number of amides is 2. The van der Waals surface area contributed by atoms with Gasteiger partial charge in [0.15, 0.2) is 5.16 Å². The van der Waals surface area contributed by atoms with Gasteiger partial charge in [-0.1, -0.05) is 13.8 Å². The lowest BCUT2D eigenvalue weighted by Crippen LogP contribution is -2.44. The van der Waals surface area contributed by atoms with E-state index in [1.807, 2.05) is 39.0 Å². The molecule has 27 heavy (non-hydrogen) atoms. The molecule has 0 radical (unpaired) electrons. The number of benzene rings is 1. The van der Waals surface area contributed by atoms with Crippen molar-refractivity contribution in [3.05, 3.63) is 42.2 Å². The van der Waals surface area contributed by atoms with Crippen LogP contribution in [0, 0.1) is 12.8 Å². The van der Waals surface area contributed by atoms with Gasteiger partial charge in [-0.25, -0.2) is 9.97 Å². The fraction of sp³-hybridized carbons (Fsp3) is 0.400. The molecule has 1 unspecified atom stereocenters. The van der Waals surface area contributed by atoms with E-state index in [-0.39, 0.29) is 23.8 Å². The largest absolute Gasteiger partial charge is 0.330 e. The normalized spacial score (nSPS) is 16.6. The molecule has 6 nitrogen and oxygen atoms in total. The van der Waals surface area contributed by atoms with Crippen LogP contribution in [0.5, 0.6) is 0 Å². The SMILES string of the molecule is Cc1cc(Sc2ncccn2)ccc1NC(=O)C1CCCN1C(=O)C(C)C. The van der Waals surface area contributed by atoms with Gasteiger partial charge in [-0.15, -0.1) is 0 Å². The number of aromatic nitrogens is 2. The standard InChI is InChI=1S/C20H24N4O2S/c1-13(2)19(26)24-11-4-6-17(24)18(25)23-16-8-7-15(12-14(16)3)27-20-21-9-5-10-22-20/h5,7-10,12-13,17H,4,6,11H2,1-3H3,(H,23,25). The van der Waals surface area contributed by atoms with Crippen molar-refractivity contribution in [3.63, 3.8) is 0 Å². The molecule has 0 spiro atoms. The molecule has 0 saturated carbocycles. The van der Waals surface area contributed by atoms with Crippen molar-refractivity contribution in [2.75, 3.05) is 11.9 Å². The number of hydrogen-bond acceptors (Lipinski definition) is 5. The third-order valence-corrected chi connectivity index (χ3v) is 5.42. The van der Waals surface area contributed by atoms with E-state index in [4.69, 9.17) is 0 Å². The van der Waals surface area contributed by atoms with Gasteiger partial charge in [-0.2, -0.15) is 0 Å². The van der Waals surface area contributed by atoms with E-state index in [0.717, 1.165) is 22.6 Å². The van der Waals surface area contributed by atoms with E-state index in [9.17, 15) is 9.59 Å². The van der Waals surface area contributed by atoms with Gasteiger partial charge in [0, 0.05) is 35.4 Å². The first kappa shape index (κ1) is 19.4. The summed E-state index contributed by atoms with van der Waals surface area (Å²) in [5.74, 6) is -0.174. The van der Waals surface area contributed by atoms with Crippen LogP contribution in [0.1, 0.15) is 32.3 Å². The number of anilines is 1. The van der Waals surface area contributed by atoms with Gasteiger partial charge in [0.1, 0.15) is 6.04 Å². The Hall–Kier alpha value is -2.41. The highest BCUT2D eigenvalue weighted by atomic mass is 32.2. The second kappa shape index (κ2) is 8.52. The fourth-order valence-corrected chi connectivity index (χ4v) is 3.94. The minimum atomic E-state index is -0.383. The molecule has 1 N–H and O–H groups in total. The lowest BCUT2D eigenvalue weighted by Gasteiger charge is -2.26. The van der Waals surface area contributed by atoms with Crippen molar-refractivity contribution >= 4 is 29.3 Å². The van der Waals surface area contributed by atoms with Crippen molar-refractivity contribution in [2.45, 2.75) is 49.7 Å². The molecule has 2 aromatic rings. The monoisotopic (exact) mass is 384 g/mol. The van der Waals surface area contributed by atoms with Crippen LogP contribution < -0.4 is 5.32 Å². The third-order valence-electron chi connectivity index (χ3n) is 4.54. The number of nitrogens with zero attached hydrogens (tertiary/aromatic N) is 3. The number of carbonyl (C=O) groups is 2. The highest BCUT2D eigenvalue weighted by Gasteiger charge is 2.35. The topological polar surface area (TPSA) is 75.2 Å². The minimum absolute atomic E-state index is 0.0407. The van der Waals surface area contributed by atoms with Crippen LogP contribution in [0.2, 0.25) is 0 Å². The van der Waals surface area contributed by atoms with Gasteiger partial charge >= 0.3 is 0 Å². The van der Waals surface area contributed by atoms with Crippen LogP contribution in [-0.2, 0) is 9.59 Å². The van der Waals surface area contributed by atoms with Crippen molar-refractivity contribution in [2.24, 2.45) is 5.92 Å². The summed E-state index contributed by atoms with van der Waals surface area (Å²) in [7, 11) is 0.